The molecule has 0 aliphatic rings. The molecule has 0 fully saturated rings. The van der Waals surface area contributed by atoms with E-state index in [1.807, 2.05) is 0 Å². The summed E-state index contributed by atoms with van der Waals surface area (Å²) in [5.74, 6) is -0.832. The summed E-state index contributed by atoms with van der Waals surface area (Å²) >= 11 is 8.84. The quantitative estimate of drug-likeness (QED) is 0.853. The highest BCUT2D eigenvalue weighted by molar-refractivity contribution is 9.10. The molecule has 1 amide bonds. The summed E-state index contributed by atoms with van der Waals surface area (Å²) in [5.41, 5.74) is -0.229. The Labute approximate surface area is 127 Å². The van der Waals surface area contributed by atoms with E-state index in [2.05, 4.69) is 15.9 Å². The molecular formula is C10H10BrClF2N2O3S. The molecule has 0 saturated carbocycles. The van der Waals surface area contributed by atoms with Crippen molar-refractivity contribution in [3.63, 3.8) is 0 Å². The Hall–Kier alpha value is -0.770. The van der Waals surface area contributed by atoms with Crippen LogP contribution in [-0.2, 0) is 10.0 Å². The predicted molar refractivity (Wildman–Crippen MR) is 73.5 cm³/mol. The first-order valence-electron chi connectivity index (χ1n) is 5.09. The van der Waals surface area contributed by atoms with E-state index >= 15 is 0 Å². The summed E-state index contributed by atoms with van der Waals surface area (Å²) in [6, 6.07) is 2.36. The first-order chi connectivity index (χ1) is 9.04. The molecule has 0 saturated heterocycles. The van der Waals surface area contributed by atoms with Crippen molar-refractivity contribution in [2.24, 2.45) is 5.14 Å². The van der Waals surface area contributed by atoms with Crippen LogP contribution >= 0.6 is 27.5 Å². The van der Waals surface area contributed by atoms with Crippen LogP contribution in [0.1, 0.15) is 10.4 Å². The van der Waals surface area contributed by atoms with Crippen molar-refractivity contribution in [3.05, 3.63) is 27.2 Å². The van der Waals surface area contributed by atoms with E-state index in [9.17, 15) is 22.0 Å². The Morgan fingerprint density at radius 3 is 2.50 bits per heavy atom. The van der Waals surface area contributed by atoms with Crippen LogP contribution < -0.4 is 5.14 Å². The fraction of sp³-hybridized carbons (Fsp3) is 0.300. The van der Waals surface area contributed by atoms with E-state index in [1.165, 1.54) is 6.07 Å². The Morgan fingerprint density at radius 1 is 1.50 bits per heavy atom. The normalized spacial score (nSPS) is 11.8. The molecule has 1 rings (SSSR count). The first kappa shape index (κ1) is 17.3. The number of alkyl halides is 2. The molecule has 5 nitrogen and oxygen atoms in total. The average Bonchev–Trinajstić information content (AvgIpc) is 2.28. The van der Waals surface area contributed by atoms with Gasteiger partial charge in [-0.2, -0.15) is 0 Å². The van der Waals surface area contributed by atoms with Crippen molar-refractivity contribution < 1.29 is 22.0 Å². The van der Waals surface area contributed by atoms with Gasteiger partial charge in [-0.3, -0.25) is 4.79 Å². The van der Waals surface area contributed by atoms with Gasteiger partial charge in [0.15, 0.2) is 0 Å². The second kappa shape index (κ2) is 6.33. The van der Waals surface area contributed by atoms with Crippen molar-refractivity contribution in [2.75, 3.05) is 13.6 Å². The molecule has 0 bridgehead atoms. The number of nitrogens with zero attached hydrogens (tertiary/aromatic N) is 1. The zero-order valence-electron chi connectivity index (χ0n) is 10.1. The van der Waals surface area contributed by atoms with Crippen LogP contribution in [0.4, 0.5) is 8.78 Å². The van der Waals surface area contributed by atoms with Crippen LogP contribution in [0.5, 0.6) is 0 Å². The number of amides is 1. The summed E-state index contributed by atoms with van der Waals surface area (Å²) in [5, 5.41) is 4.57. The second-order valence-electron chi connectivity index (χ2n) is 3.89. The molecule has 1 aromatic rings. The summed E-state index contributed by atoms with van der Waals surface area (Å²) in [7, 11) is -2.99. The number of nitrogens with two attached hydrogens (primary N) is 1. The van der Waals surface area contributed by atoms with E-state index in [0.717, 1.165) is 18.0 Å². The van der Waals surface area contributed by atoms with Gasteiger partial charge < -0.3 is 4.90 Å². The van der Waals surface area contributed by atoms with Crippen molar-refractivity contribution in [1.82, 2.24) is 4.90 Å². The third kappa shape index (κ3) is 4.11. The van der Waals surface area contributed by atoms with Gasteiger partial charge in [0.25, 0.3) is 12.3 Å². The number of hydrogen-bond donors (Lipinski definition) is 1. The summed E-state index contributed by atoms with van der Waals surface area (Å²) in [6.07, 6.45) is -2.72. The van der Waals surface area contributed by atoms with Crippen molar-refractivity contribution >= 4 is 43.5 Å². The fourth-order valence-electron chi connectivity index (χ4n) is 1.42. The number of rotatable bonds is 4. The number of hydrogen-bond acceptors (Lipinski definition) is 3. The molecular weight excluding hydrogens is 382 g/mol. The van der Waals surface area contributed by atoms with Gasteiger partial charge in [0.1, 0.15) is 4.90 Å². The Bertz CT molecular complexity index is 640. The molecule has 10 heteroatoms. The third-order valence-electron chi connectivity index (χ3n) is 2.30. The Morgan fingerprint density at radius 2 is 2.05 bits per heavy atom. The zero-order chi connectivity index (χ0) is 15.7. The van der Waals surface area contributed by atoms with Crippen molar-refractivity contribution in [2.45, 2.75) is 11.3 Å². The van der Waals surface area contributed by atoms with Gasteiger partial charge in [0.2, 0.25) is 10.0 Å². The molecule has 0 unspecified atom stereocenters. The smallest absolute Gasteiger partial charge is 0.255 e. The highest BCUT2D eigenvalue weighted by Gasteiger charge is 2.24. The van der Waals surface area contributed by atoms with Crippen molar-refractivity contribution in [3.8, 4) is 0 Å². The molecule has 112 valence electrons. The van der Waals surface area contributed by atoms with E-state index in [0.29, 0.717) is 0 Å². The van der Waals surface area contributed by atoms with Gasteiger partial charge in [-0.05, 0) is 12.1 Å². The lowest BCUT2D eigenvalue weighted by molar-refractivity contribution is 0.0620. The highest BCUT2D eigenvalue weighted by atomic mass is 79.9. The van der Waals surface area contributed by atoms with Crippen LogP contribution in [0.3, 0.4) is 0 Å². The van der Waals surface area contributed by atoms with Crippen LogP contribution in [-0.4, -0.2) is 39.2 Å². The summed E-state index contributed by atoms with van der Waals surface area (Å²) in [6.45, 7) is -0.799. The first-order valence-corrected chi connectivity index (χ1v) is 7.81. The Balaban J connectivity index is 3.33. The SMILES string of the molecule is CN(CC(F)F)C(=O)c1cc(Br)cc(S(N)(=O)=O)c1Cl. The largest absolute Gasteiger partial charge is 0.336 e. The number of carbonyl (C=O) groups is 1. The lowest BCUT2D eigenvalue weighted by Gasteiger charge is -2.18. The predicted octanol–water partition coefficient (Wildman–Crippen LogP) is 2.09. The number of carbonyl (C=O) groups excluding carboxylic acids is 1. The molecule has 20 heavy (non-hydrogen) atoms. The molecule has 0 aliphatic heterocycles. The zero-order valence-corrected chi connectivity index (χ0v) is 13.3. The van der Waals surface area contributed by atoms with E-state index in [-0.39, 0.29) is 10.0 Å². The fourth-order valence-corrected chi connectivity index (χ4v) is 3.20. The van der Waals surface area contributed by atoms with E-state index < -0.39 is 38.8 Å². The number of sulfonamides is 1. The molecule has 0 atom stereocenters. The lowest BCUT2D eigenvalue weighted by atomic mass is 10.2. The van der Waals surface area contributed by atoms with Gasteiger partial charge in [0, 0.05) is 11.5 Å². The van der Waals surface area contributed by atoms with Crippen LogP contribution in [0.15, 0.2) is 21.5 Å². The minimum Gasteiger partial charge on any atom is -0.336 e. The van der Waals surface area contributed by atoms with Gasteiger partial charge in [-0.25, -0.2) is 22.3 Å². The molecule has 0 radical (unpaired) electrons. The molecule has 0 aromatic heterocycles. The van der Waals surface area contributed by atoms with Crippen LogP contribution in [0.25, 0.3) is 0 Å². The lowest BCUT2D eigenvalue weighted by Crippen LogP contribution is -2.31. The molecule has 0 aliphatic carbocycles. The van der Waals surface area contributed by atoms with Gasteiger partial charge in [0.05, 0.1) is 17.1 Å². The topological polar surface area (TPSA) is 80.5 Å². The maximum absolute atomic E-state index is 12.3. The van der Waals surface area contributed by atoms with Gasteiger partial charge in [-0.1, -0.05) is 27.5 Å². The molecule has 0 spiro atoms. The maximum Gasteiger partial charge on any atom is 0.255 e. The summed E-state index contributed by atoms with van der Waals surface area (Å²) < 4.78 is 47.5. The monoisotopic (exact) mass is 390 g/mol. The van der Waals surface area contributed by atoms with Crippen LogP contribution in [0.2, 0.25) is 5.02 Å². The average molecular weight is 392 g/mol. The van der Waals surface area contributed by atoms with Crippen LogP contribution in [0, 0.1) is 0 Å². The van der Waals surface area contributed by atoms with Crippen molar-refractivity contribution in [1.29, 1.82) is 0 Å². The maximum atomic E-state index is 12.3. The molecule has 1 aromatic carbocycles. The molecule has 0 heterocycles. The number of primary sulfonamides is 1. The second-order valence-corrected chi connectivity index (χ2v) is 6.71. The van der Waals surface area contributed by atoms with E-state index in [4.69, 9.17) is 16.7 Å². The standard InChI is InChI=1S/C10H10BrClF2N2O3S/c1-16(4-8(13)14)10(17)6-2-5(11)3-7(9(6)12)20(15,18)19/h2-3,8H,4H2,1H3,(H2,15,18,19). The number of halogens is 4. The minimum atomic E-state index is -4.14. The highest BCUT2D eigenvalue weighted by Crippen LogP contribution is 2.29. The van der Waals surface area contributed by atoms with Gasteiger partial charge in [-0.15, -0.1) is 0 Å². The molecule has 2 N–H and O–H groups in total. The third-order valence-corrected chi connectivity index (χ3v) is 4.21. The van der Waals surface area contributed by atoms with Gasteiger partial charge >= 0.3 is 0 Å². The minimum absolute atomic E-state index is 0.229. The summed E-state index contributed by atoms with van der Waals surface area (Å²) in [4.78, 5) is 12.3. The van der Waals surface area contributed by atoms with E-state index in [1.54, 1.807) is 0 Å². The Kier molecular flexibility index (Phi) is 5.47. The number of benzene rings is 1.